The van der Waals surface area contributed by atoms with Gasteiger partial charge in [0.15, 0.2) is 0 Å². The molecule has 0 aromatic heterocycles. The highest BCUT2D eigenvalue weighted by atomic mass is 16.4. The summed E-state index contributed by atoms with van der Waals surface area (Å²) in [6.45, 7) is 6.03. The monoisotopic (exact) mass is 264 g/mol. The van der Waals surface area contributed by atoms with E-state index in [9.17, 15) is 9.59 Å². The van der Waals surface area contributed by atoms with Crippen molar-refractivity contribution in [2.24, 2.45) is 0 Å². The van der Waals surface area contributed by atoms with E-state index in [1.165, 1.54) is 12.5 Å². The maximum Gasteiger partial charge on any atom is 0.325 e. The minimum Gasteiger partial charge on any atom is -0.480 e. The van der Waals surface area contributed by atoms with Crippen molar-refractivity contribution >= 4 is 12.0 Å². The average Bonchev–Trinajstić information content (AvgIpc) is 2.36. The molecular formula is C14H20N2O3. The highest BCUT2D eigenvalue weighted by molar-refractivity contribution is 5.82. The molecule has 104 valence electrons. The third kappa shape index (κ3) is 4.99. The zero-order valence-electron chi connectivity index (χ0n) is 11.4. The SMILES string of the molecule is CC(C)c1ccc(CNC(=O)N[C@@H](C)C(=O)O)cc1. The van der Waals surface area contributed by atoms with Crippen LogP contribution in [0.15, 0.2) is 24.3 Å². The summed E-state index contributed by atoms with van der Waals surface area (Å²) in [6.07, 6.45) is 0. The third-order valence-electron chi connectivity index (χ3n) is 2.82. The Kier molecular flexibility index (Phi) is 5.36. The van der Waals surface area contributed by atoms with Gasteiger partial charge in [0.05, 0.1) is 0 Å². The minimum absolute atomic E-state index is 0.372. The first-order chi connectivity index (χ1) is 8.90. The molecule has 5 nitrogen and oxygen atoms in total. The number of carbonyl (C=O) groups is 2. The van der Waals surface area contributed by atoms with Crippen LogP contribution < -0.4 is 10.6 Å². The molecule has 0 heterocycles. The summed E-state index contributed by atoms with van der Waals surface area (Å²) in [7, 11) is 0. The minimum atomic E-state index is -1.06. The van der Waals surface area contributed by atoms with Gasteiger partial charge in [-0.15, -0.1) is 0 Å². The number of urea groups is 1. The van der Waals surface area contributed by atoms with Crippen LogP contribution in [-0.2, 0) is 11.3 Å². The summed E-state index contributed by atoms with van der Waals surface area (Å²) in [4.78, 5) is 22.0. The van der Waals surface area contributed by atoms with Crippen LogP contribution in [0, 0.1) is 0 Å². The molecule has 0 fully saturated rings. The summed E-state index contributed by atoms with van der Waals surface area (Å²) in [5, 5.41) is 13.6. The molecule has 19 heavy (non-hydrogen) atoms. The fraction of sp³-hybridized carbons (Fsp3) is 0.429. The molecule has 3 N–H and O–H groups in total. The van der Waals surface area contributed by atoms with Gasteiger partial charge in [-0.25, -0.2) is 4.79 Å². The number of nitrogens with one attached hydrogen (secondary N) is 2. The number of carboxylic acid groups (broad SMARTS) is 1. The standard InChI is InChI=1S/C14H20N2O3/c1-9(2)12-6-4-11(5-7-12)8-15-14(19)16-10(3)13(17)18/h4-7,9-10H,8H2,1-3H3,(H,17,18)(H2,15,16,19)/t10-/m0/s1. The van der Waals surface area contributed by atoms with Crippen molar-refractivity contribution in [3.05, 3.63) is 35.4 Å². The molecular weight excluding hydrogens is 244 g/mol. The number of hydrogen-bond acceptors (Lipinski definition) is 2. The Hall–Kier alpha value is -2.04. The van der Waals surface area contributed by atoms with Crippen molar-refractivity contribution < 1.29 is 14.7 Å². The van der Waals surface area contributed by atoms with E-state index in [1.807, 2.05) is 24.3 Å². The van der Waals surface area contributed by atoms with E-state index in [4.69, 9.17) is 5.11 Å². The van der Waals surface area contributed by atoms with Crippen LogP contribution in [0.25, 0.3) is 0 Å². The van der Waals surface area contributed by atoms with Gasteiger partial charge in [0.2, 0.25) is 0 Å². The van der Waals surface area contributed by atoms with Gasteiger partial charge < -0.3 is 15.7 Å². The van der Waals surface area contributed by atoms with Crippen LogP contribution in [0.1, 0.15) is 37.8 Å². The Morgan fingerprint density at radius 2 is 1.74 bits per heavy atom. The molecule has 0 aliphatic heterocycles. The largest absolute Gasteiger partial charge is 0.480 e. The average molecular weight is 264 g/mol. The Morgan fingerprint density at radius 3 is 2.21 bits per heavy atom. The third-order valence-corrected chi connectivity index (χ3v) is 2.82. The molecule has 2 amide bonds. The van der Waals surface area contributed by atoms with Gasteiger partial charge in [-0.1, -0.05) is 38.1 Å². The molecule has 5 heteroatoms. The lowest BCUT2D eigenvalue weighted by Crippen LogP contribution is -2.44. The van der Waals surface area contributed by atoms with Crippen molar-refractivity contribution in [2.75, 3.05) is 0 Å². The number of hydrogen-bond donors (Lipinski definition) is 3. The van der Waals surface area contributed by atoms with E-state index < -0.39 is 18.0 Å². The first-order valence-electron chi connectivity index (χ1n) is 6.26. The van der Waals surface area contributed by atoms with Crippen LogP contribution >= 0.6 is 0 Å². The van der Waals surface area contributed by atoms with Crippen LogP contribution in [0.2, 0.25) is 0 Å². The first kappa shape index (κ1) is 15.0. The molecule has 0 radical (unpaired) electrons. The van der Waals surface area contributed by atoms with Crippen molar-refractivity contribution in [1.82, 2.24) is 10.6 Å². The lowest BCUT2D eigenvalue weighted by Gasteiger charge is -2.11. The predicted octanol–water partition coefficient (Wildman–Crippen LogP) is 2.08. The number of carbonyl (C=O) groups excluding carboxylic acids is 1. The maximum atomic E-state index is 11.4. The number of benzene rings is 1. The molecule has 1 rings (SSSR count). The molecule has 1 aromatic rings. The van der Waals surface area contributed by atoms with Crippen LogP contribution in [-0.4, -0.2) is 23.1 Å². The number of aliphatic carboxylic acids is 1. The maximum absolute atomic E-state index is 11.4. The van der Waals surface area contributed by atoms with Crippen LogP contribution in [0.3, 0.4) is 0 Å². The second kappa shape index (κ2) is 6.78. The lowest BCUT2D eigenvalue weighted by molar-refractivity contribution is -0.138. The van der Waals surface area contributed by atoms with E-state index in [-0.39, 0.29) is 0 Å². The molecule has 0 bridgehead atoms. The Labute approximate surface area is 113 Å². The molecule has 1 aromatic carbocycles. The summed E-state index contributed by atoms with van der Waals surface area (Å²) in [6, 6.07) is 6.58. The van der Waals surface area contributed by atoms with Crippen molar-refractivity contribution in [1.29, 1.82) is 0 Å². The van der Waals surface area contributed by atoms with Gasteiger partial charge in [-0.05, 0) is 24.0 Å². The van der Waals surface area contributed by atoms with E-state index in [1.54, 1.807) is 0 Å². The quantitative estimate of drug-likeness (QED) is 0.762. The zero-order valence-corrected chi connectivity index (χ0v) is 11.4. The lowest BCUT2D eigenvalue weighted by atomic mass is 10.0. The van der Waals surface area contributed by atoms with E-state index in [0.717, 1.165) is 5.56 Å². The molecule has 1 atom stereocenters. The highest BCUT2D eigenvalue weighted by Gasteiger charge is 2.13. The normalized spacial score (nSPS) is 12.0. The van der Waals surface area contributed by atoms with Crippen molar-refractivity contribution in [2.45, 2.75) is 39.3 Å². The Bertz CT molecular complexity index is 441. The Balaban J connectivity index is 2.44. The second-order valence-corrected chi connectivity index (χ2v) is 4.78. The summed E-state index contributed by atoms with van der Waals surface area (Å²) >= 11 is 0. The smallest absolute Gasteiger partial charge is 0.325 e. The second-order valence-electron chi connectivity index (χ2n) is 4.78. The Morgan fingerprint density at radius 1 is 1.16 bits per heavy atom. The van der Waals surface area contributed by atoms with Gasteiger partial charge in [-0.2, -0.15) is 0 Å². The van der Waals surface area contributed by atoms with Gasteiger partial charge >= 0.3 is 12.0 Å². The van der Waals surface area contributed by atoms with Gasteiger partial charge in [0, 0.05) is 6.54 Å². The molecule has 0 aliphatic carbocycles. The van der Waals surface area contributed by atoms with E-state index in [0.29, 0.717) is 12.5 Å². The molecule has 0 unspecified atom stereocenters. The highest BCUT2D eigenvalue weighted by Crippen LogP contribution is 2.14. The topological polar surface area (TPSA) is 78.4 Å². The predicted molar refractivity (Wildman–Crippen MR) is 73.0 cm³/mol. The fourth-order valence-electron chi connectivity index (χ4n) is 1.51. The number of amides is 2. The molecule has 0 saturated heterocycles. The van der Waals surface area contributed by atoms with E-state index in [2.05, 4.69) is 24.5 Å². The molecule has 0 spiro atoms. The number of rotatable bonds is 5. The first-order valence-corrected chi connectivity index (χ1v) is 6.26. The summed E-state index contributed by atoms with van der Waals surface area (Å²) in [5.41, 5.74) is 2.22. The molecule has 0 saturated carbocycles. The van der Waals surface area contributed by atoms with Gasteiger partial charge in [-0.3, -0.25) is 4.79 Å². The van der Waals surface area contributed by atoms with E-state index >= 15 is 0 Å². The van der Waals surface area contributed by atoms with Gasteiger partial charge in [0.1, 0.15) is 6.04 Å². The molecule has 0 aliphatic rings. The van der Waals surface area contributed by atoms with Crippen LogP contribution in [0.5, 0.6) is 0 Å². The van der Waals surface area contributed by atoms with Crippen molar-refractivity contribution in [3.63, 3.8) is 0 Å². The van der Waals surface area contributed by atoms with Crippen molar-refractivity contribution in [3.8, 4) is 0 Å². The van der Waals surface area contributed by atoms with Gasteiger partial charge in [0.25, 0.3) is 0 Å². The zero-order chi connectivity index (χ0) is 14.4. The summed E-state index contributed by atoms with van der Waals surface area (Å²) < 4.78 is 0. The number of carboxylic acids is 1. The fourth-order valence-corrected chi connectivity index (χ4v) is 1.51. The van der Waals surface area contributed by atoms with Crippen LogP contribution in [0.4, 0.5) is 4.79 Å². The summed E-state index contributed by atoms with van der Waals surface area (Å²) in [5.74, 6) is -0.585.